The number of piperidine rings is 1. The number of rotatable bonds is 1. The Morgan fingerprint density at radius 2 is 2.00 bits per heavy atom. The second kappa shape index (κ2) is 5.95. The summed E-state index contributed by atoms with van der Waals surface area (Å²) in [5.41, 5.74) is 3.21. The predicted octanol–water partition coefficient (Wildman–Crippen LogP) is 1.82. The van der Waals surface area contributed by atoms with Crippen molar-refractivity contribution >= 4 is 18.3 Å². The highest BCUT2D eigenvalue weighted by atomic mass is 35.5. The molecule has 2 unspecified atom stereocenters. The highest BCUT2D eigenvalue weighted by Gasteiger charge is 2.34. The van der Waals surface area contributed by atoms with Crippen LogP contribution in [0.25, 0.3) is 0 Å². The summed E-state index contributed by atoms with van der Waals surface area (Å²) < 4.78 is 5.42. The van der Waals surface area contributed by atoms with Crippen molar-refractivity contribution in [3.8, 4) is 0 Å². The van der Waals surface area contributed by atoms with Gasteiger partial charge in [0.1, 0.15) is 0 Å². The quantitative estimate of drug-likeness (QED) is 0.860. The van der Waals surface area contributed by atoms with Gasteiger partial charge in [0.2, 0.25) is 0 Å². The Morgan fingerprint density at radius 1 is 1.19 bits per heavy atom. The maximum Gasteiger partial charge on any atom is 0.253 e. The number of hydrogen-bond donors (Lipinski definition) is 1. The van der Waals surface area contributed by atoms with Crippen LogP contribution in [-0.4, -0.2) is 37.0 Å². The van der Waals surface area contributed by atoms with E-state index in [1.54, 1.807) is 0 Å². The summed E-state index contributed by atoms with van der Waals surface area (Å²) in [6, 6.07) is 6.01. The van der Waals surface area contributed by atoms with Gasteiger partial charge >= 0.3 is 0 Å². The van der Waals surface area contributed by atoms with E-state index in [2.05, 4.69) is 5.32 Å². The largest absolute Gasteiger partial charge is 0.372 e. The van der Waals surface area contributed by atoms with E-state index in [4.69, 9.17) is 4.74 Å². The van der Waals surface area contributed by atoms with Crippen LogP contribution in [0, 0.1) is 11.8 Å². The molecule has 4 rings (SSSR count). The van der Waals surface area contributed by atoms with Crippen LogP contribution < -0.4 is 5.32 Å². The molecule has 0 bridgehead atoms. The fourth-order valence-corrected chi connectivity index (χ4v) is 3.71. The molecule has 114 valence electrons. The number of amides is 1. The minimum absolute atomic E-state index is 0. The molecule has 2 fully saturated rings. The molecule has 0 aromatic heterocycles. The number of benzene rings is 1. The van der Waals surface area contributed by atoms with Gasteiger partial charge in [-0.3, -0.25) is 4.79 Å². The molecule has 1 aromatic carbocycles. The third-order valence-electron chi connectivity index (χ3n) is 4.96. The van der Waals surface area contributed by atoms with Crippen molar-refractivity contribution in [1.29, 1.82) is 0 Å². The monoisotopic (exact) mass is 308 g/mol. The Balaban J connectivity index is 0.00000132. The van der Waals surface area contributed by atoms with E-state index < -0.39 is 0 Å². The lowest BCUT2D eigenvalue weighted by atomic mass is 9.88. The Hall–Kier alpha value is -1.10. The zero-order chi connectivity index (χ0) is 13.5. The highest BCUT2D eigenvalue weighted by molar-refractivity contribution is 5.94. The average molecular weight is 309 g/mol. The Bertz CT molecular complexity index is 549. The zero-order valence-electron chi connectivity index (χ0n) is 12.0. The van der Waals surface area contributed by atoms with Gasteiger partial charge in [0.15, 0.2) is 0 Å². The smallest absolute Gasteiger partial charge is 0.253 e. The first kappa shape index (κ1) is 14.8. The molecule has 3 aliphatic heterocycles. The normalized spacial score (nSPS) is 27.0. The molecular weight excluding hydrogens is 288 g/mol. The van der Waals surface area contributed by atoms with Crippen LogP contribution >= 0.6 is 12.4 Å². The minimum atomic E-state index is 0. The van der Waals surface area contributed by atoms with E-state index in [0.29, 0.717) is 19.1 Å². The van der Waals surface area contributed by atoms with Crippen molar-refractivity contribution in [2.75, 3.05) is 26.2 Å². The predicted molar refractivity (Wildman–Crippen MR) is 82.6 cm³/mol. The summed E-state index contributed by atoms with van der Waals surface area (Å²) in [5.74, 6) is 1.60. The fraction of sp³-hybridized carbons (Fsp3) is 0.562. The van der Waals surface area contributed by atoms with Gasteiger partial charge in [-0.1, -0.05) is 6.07 Å². The average Bonchev–Trinajstić information content (AvgIpc) is 3.13. The molecule has 2 atom stereocenters. The number of likely N-dealkylation sites (tertiary alicyclic amines) is 1. The van der Waals surface area contributed by atoms with Crippen LogP contribution in [0.5, 0.6) is 0 Å². The van der Waals surface area contributed by atoms with E-state index in [0.717, 1.165) is 44.1 Å². The van der Waals surface area contributed by atoms with E-state index in [1.807, 2.05) is 23.1 Å². The van der Waals surface area contributed by atoms with Crippen LogP contribution in [-0.2, 0) is 18.0 Å². The molecule has 1 amide bonds. The van der Waals surface area contributed by atoms with Gasteiger partial charge < -0.3 is 15.0 Å². The minimum Gasteiger partial charge on any atom is -0.372 e. The van der Waals surface area contributed by atoms with Crippen molar-refractivity contribution in [3.63, 3.8) is 0 Å². The lowest BCUT2D eigenvalue weighted by molar-refractivity contribution is 0.0642. The summed E-state index contributed by atoms with van der Waals surface area (Å²) in [5, 5.41) is 3.44. The molecule has 2 saturated heterocycles. The third kappa shape index (κ3) is 2.68. The molecule has 0 spiro atoms. The van der Waals surface area contributed by atoms with Gasteiger partial charge in [-0.2, -0.15) is 0 Å². The SMILES string of the molecule is Cl.O=C(c1ccc2c(c1)COC2)N1CCC2CNCC2C1. The molecule has 0 saturated carbocycles. The van der Waals surface area contributed by atoms with Crippen LogP contribution in [0.4, 0.5) is 0 Å². The first-order chi connectivity index (χ1) is 9.81. The molecule has 4 nitrogen and oxygen atoms in total. The van der Waals surface area contributed by atoms with Gasteiger partial charge in [0, 0.05) is 18.7 Å². The Morgan fingerprint density at radius 3 is 2.90 bits per heavy atom. The van der Waals surface area contributed by atoms with Crippen LogP contribution in [0.1, 0.15) is 27.9 Å². The topological polar surface area (TPSA) is 41.6 Å². The summed E-state index contributed by atoms with van der Waals surface area (Å²) >= 11 is 0. The number of nitrogens with one attached hydrogen (secondary N) is 1. The number of hydrogen-bond acceptors (Lipinski definition) is 3. The van der Waals surface area contributed by atoms with Gasteiger partial charge in [0.05, 0.1) is 13.2 Å². The molecule has 1 aromatic rings. The van der Waals surface area contributed by atoms with Crippen molar-refractivity contribution in [3.05, 3.63) is 34.9 Å². The van der Waals surface area contributed by atoms with Gasteiger partial charge in [-0.15, -0.1) is 12.4 Å². The molecule has 0 aliphatic carbocycles. The maximum absolute atomic E-state index is 12.7. The zero-order valence-corrected chi connectivity index (χ0v) is 12.8. The van der Waals surface area contributed by atoms with Crippen LogP contribution in [0.2, 0.25) is 0 Å². The summed E-state index contributed by atoms with van der Waals surface area (Å²) in [6.45, 7) is 5.32. The number of carbonyl (C=O) groups is 1. The summed E-state index contributed by atoms with van der Waals surface area (Å²) in [4.78, 5) is 14.7. The molecule has 5 heteroatoms. The second-order valence-electron chi connectivity index (χ2n) is 6.19. The van der Waals surface area contributed by atoms with E-state index >= 15 is 0 Å². The van der Waals surface area contributed by atoms with Gasteiger partial charge in [-0.05, 0) is 54.6 Å². The highest BCUT2D eigenvalue weighted by Crippen LogP contribution is 2.28. The van der Waals surface area contributed by atoms with E-state index in [1.165, 1.54) is 11.1 Å². The van der Waals surface area contributed by atoms with E-state index in [9.17, 15) is 4.79 Å². The number of fused-ring (bicyclic) bond motifs is 2. The number of carbonyl (C=O) groups excluding carboxylic acids is 1. The number of ether oxygens (including phenoxy) is 1. The maximum atomic E-state index is 12.7. The van der Waals surface area contributed by atoms with Crippen LogP contribution in [0.3, 0.4) is 0 Å². The molecule has 1 N–H and O–H groups in total. The van der Waals surface area contributed by atoms with E-state index in [-0.39, 0.29) is 18.3 Å². The Labute approximate surface area is 131 Å². The van der Waals surface area contributed by atoms with Crippen molar-refractivity contribution in [1.82, 2.24) is 10.2 Å². The van der Waals surface area contributed by atoms with Crippen LogP contribution in [0.15, 0.2) is 18.2 Å². The summed E-state index contributed by atoms with van der Waals surface area (Å²) in [7, 11) is 0. The molecule has 3 aliphatic rings. The second-order valence-corrected chi connectivity index (χ2v) is 6.19. The lowest BCUT2D eigenvalue weighted by Gasteiger charge is -2.34. The first-order valence-electron chi connectivity index (χ1n) is 7.51. The van der Waals surface area contributed by atoms with Crippen molar-refractivity contribution in [2.45, 2.75) is 19.6 Å². The molecular formula is C16H21ClN2O2. The van der Waals surface area contributed by atoms with Gasteiger partial charge in [0.25, 0.3) is 5.91 Å². The number of nitrogens with zero attached hydrogens (tertiary/aromatic N) is 1. The number of halogens is 1. The standard InChI is InChI=1S/C16H20N2O2.ClH/c19-16(11-1-2-13-9-20-10-14(13)5-11)18-4-3-12-6-17-7-15(12)8-18;/h1-2,5,12,15,17H,3-4,6-10H2;1H. The summed E-state index contributed by atoms with van der Waals surface area (Å²) in [6.07, 6.45) is 1.14. The van der Waals surface area contributed by atoms with Crippen molar-refractivity contribution < 1.29 is 9.53 Å². The van der Waals surface area contributed by atoms with Gasteiger partial charge in [-0.25, -0.2) is 0 Å². The Kier molecular flexibility index (Phi) is 4.20. The molecule has 21 heavy (non-hydrogen) atoms. The van der Waals surface area contributed by atoms with Crippen molar-refractivity contribution in [2.24, 2.45) is 11.8 Å². The lowest BCUT2D eigenvalue weighted by Crippen LogP contribution is -2.43. The third-order valence-corrected chi connectivity index (χ3v) is 4.96. The molecule has 3 heterocycles. The first-order valence-corrected chi connectivity index (χ1v) is 7.51. The fourth-order valence-electron chi connectivity index (χ4n) is 3.71. The molecule has 0 radical (unpaired) electrons.